The molecule has 0 radical (unpaired) electrons. The second kappa shape index (κ2) is 8.61. The van der Waals surface area contributed by atoms with Gasteiger partial charge in [0.1, 0.15) is 0 Å². The molecule has 0 spiro atoms. The summed E-state index contributed by atoms with van der Waals surface area (Å²) in [7, 11) is 3.14. The van der Waals surface area contributed by atoms with Gasteiger partial charge in [-0.3, -0.25) is 19.6 Å². The van der Waals surface area contributed by atoms with Crippen molar-refractivity contribution in [1.82, 2.24) is 9.97 Å². The zero-order valence-corrected chi connectivity index (χ0v) is 19.9. The molecule has 0 fully saturated rings. The maximum atomic E-state index is 11.7. The van der Waals surface area contributed by atoms with Crippen LogP contribution in [-0.4, -0.2) is 21.8 Å². The SMILES string of the molecule is Cc1c(C(N)=O)cnc2c(C)cc(SSc3cc(C)c4ncc(C(N)=O)c(Cl)c4c3)cc12. The third kappa shape index (κ3) is 4.01. The van der Waals surface area contributed by atoms with E-state index in [2.05, 4.69) is 16.0 Å². The number of carbonyl (C=O) groups excluding carboxylic acids is 2. The molecule has 4 rings (SSSR count). The lowest BCUT2D eigenvalue weighted by Crippen LogP contribution is -2.13. The number of primary amides is 2. The number of hydrogen-bond donors (Lipinski definition) is 2. The van der Waals surface area contributed by atoms with E-state index in [-0.39, 0.29) is 5.56 Å². The molecule has 0 saturated heterocycles. The van der Waals surface area contributed by atoms with E-state index in [1.54, 1.807) is 21.6 Å². The third-order valence-electron chi connectivity index (χ3n) is 5.24. The molecule has 0 aliphatic rings. The maximum absolute atomic E-state index is 11.7. The molecule has 2 aromatic heterocycles. The van der Waals surface area contributed by atoms with Gasteiger partial charge in [-0.25, -0.2) is 0 Å². The van der Waals surface area contributed by atoms with Crippen molar-refractivity contribution < 1.29 is 9.59 Å². The normalized spacial score (nSPS) is 11.2. The van der Waals surface area contributed by atoms with Gasteiger partial charge in [0.2, 0.25) is 0 Å². The average Bonchev–Trinajstić information content (AvgIpc) is 2.73. The zero-order valence-electron chi connectivity index (χ0n) is 17.5. The lowest BCUT2D eigenvalue weighted by atomic mass is 10.0. The summed E-state index contributed by atoms with van der Waals surface area (Å²) in [5, 5.41) is 1.89. The third-order valence-corrected chi connectivity index (χ3v) is 7.99. The van der Waals surface area contributed by atoms with E-state index >= 15 is 0 Å². The molecule has 9 heteroatoms. The molecule has 162 valence electrons. The summed E-state index contributed by atoms with van der Waals surface area (Å²) >= 11 is 6.44. The van der Waals surface area contributed by atoms with Crippen LogP contribution in [0, 0.1) is 20.8 Å². The minimum Gasteiger partial charge on any atom is -0.366 e. The Morgan fingerprint density at radius 3 is 1.78 bits per heavy atom. The zero-order chi connectivity index (χ0) is 23.2. The maximum Gasteiger partial charge on any atom is 0.251 e. The van der Waals surface area contributed by atoms with Gasteiger partial charge in [0, 0.05) is 33.0 Å². The highest BCUT2D eigenvalue weighted by Crippen LogP contribution is 2.42. The van der Waals surface area contributed by atoms with E-state index in [0.717, 1.165) is 42.9 Å². The van der Waals surface area contributed by atoms with E-state index in [1.165, 1.54) is 12.4 Å². The fraction of sp³-hybridized carbons (Fsp3) is 0.130. The molecule has 32 heavy (non-hydrogen) atoms. The number of fused-ring (bicyclic) bond motifs is 2. The number of pyridine rings is 2. The van der Waals surface area contributed by atoms with Crippen LogP contribution in [-0.2, 0) is 0 Å². The average molecular weight is 483 g/mol. The first kappa shape index (κ1) is 22.4. The first-order chi connectivity index (χ1) is 15.2. The van der Waals surface area contributed by atoms with E-state index in [0.29, 0.717) is 16.0 Å². The van der Waals surface area contributed by atoms with Crippen molar-refractivity contribution in [3.05, 3.63) is 69.5 Å². The van der Waals surface area contributed by atoms with Crippen LogP contribution in [0.5, 0.6) is 0 Å². The number of aromatic nitrogens is 2. The summed E-state index contributed by atoms with van der Waals surface area (Å²) in [5.74, 6) is -1.10. The number of benzene rings is 2. The van der Waals surface area contributed by atoms with Crippen molar-refractivity contribution in [3.8, 4) is 0 Å². The number of nitrogens with zero attached hydrogens (tertiary/aromatic N) is 2. The minimum atomic E-state index is -0.611. The summed E-state index contributed by atoms with van der Waals surface area (Å²) in [6.07, 6.45) is 2.95. The van der Waals surface area contributed by atoms with Crippen LogP contribution in [0.1, 0.15) is 37.4 Å². The largest absolute Gasteiger partial charge is 0.366 e. The molecule has 0 aliphatic carbocycles. The van der Waals surface area contributed by atoms with E-state index in [4.69, 9.17) is 23.1 Å². The van der Waals surface area contributed by atoms with Crippen molar-refractivity contribution in [2.75, 3.05) is 0 Å². The van der Waals surface area contributed by atoms with Gasteiger partial charge in [-0.2, -0.15) is 0 Å². The Morgan fingerprint density at radius 1 is 0.781 bits per heavy atom. The van der Waals surface area contributed by atoms with Crippen molar-refractivity contribution in [2.45, 2.75) is 30.6 Å². The first-order valence-electron chi connectivity index (χ1n) is 9.60. The quantitative estimate of drug-likeness (QED) is 0.370. The second-order valence-corrected chi connectivity index (χ2v) is 10.1. The van der Waals surface area contributed by atoms with Crippen molar-refractivity contribution in [2.24, 2.45) is 11.5 Å². The Kier molecular flexibility index (Phi) is 6.03. The summed E-state index contributed by atoms with van der Waals surface area (Å²) in [6.45, 7) is 5.82. The van der Waals surface area contributed by atoms with Gasteiger partial charge in [0.15, 0.2) is 0 Å². The lowest BCUT2D eigenvalue weighted by Gasteiger charge is -2.12. The van der Waals surface area contributed by atoms with Crippen LogP contribution in [0.4, 0.5) is 0 Å². The van der Waals surface area contributed by atoms with Crippen LogP contribution in [0.2, 0.25) is 5.02 Å². The second-order valence-electron chi connectivity index (χ2n) is 7.45. The number of halogens is 1. The predicted octanol–water partition coefficient (Wildman–Crippen LogP) is 5.36. The lowest BCUT2D eigenvalue weighted by molar-refractivity contribution is 0.0991. The van der Waals surface area contributed by atoms with Crippen molar-refractivity contribution >= 4 is 66.8 Å². The molecule has 0 unspecified atom stereocenters. The molecule has 0 atom stereocenters. The Morgan fingerprint density at radius 2 is 1.25 bits per heavy atom. The first-order valence-corrected chi connectivity index (χ1v) is 12.1. The highest BCUT2D eigenvalue weighted by Gasteiger charge is 2.15. The topological polar surface area (TPSA) is 112 Å². The molecule has 0 saturated carbocycles. The Balaban J connectivity index is 1.71. The standard InChI is InChI=1S/C23H19ClN4O2S2/c1-10-4-13(6-15-12(3)17(22(25)29)8-27-20(10)15)31-32-14-5-11(2)21-16(7-14)19(24)18(9-28-21)23(26)30/h4-9H,1-3H3,(H2,25,29)(H2,26,30). The fourth-order valence-electron chi connectivity index (χ4n) is 3.60. The van der Waals surface area contributed by atoms with E-state index in [1.807, 2.05) is 39.0 Å². The molecule has 6 nitrogen and oxygen atoms in total. The van der Waals surface area contributed by atoms with Crippen LogP contribution in [0.25, 0.3) is 21.8 Å². The van der Waals surface area contributed by atoms with Gasteiger partial charge < -0.3 is 11.5 Å². The van der Waals surface area contributed by atoms with Gasteiger partial charge in [-0.15, -0.1) is 0 Å². The van der Waals surface area contributed by atoms with Crippen LogP contribution in [0.15, 0.2) is 46.5 Å². The number of aryl methyl sites for hydroxylation is 3. The smallest absolute Gasteiger partial charge is 0.251 e. The van der Waals surface area contributed by atoms with Gasteiger partial charge in [-0.05, 0) is 61.7 Å². The summed E-state index contributed by atoms with van der Waals surface area (Å²) in [5.41, 5.74) is 15.9. The van der Waals surface area contributed by atoms with Crippen LogP contribution < -0.4 is 11.5 Å². The molecule has 2 aromatic carbocycles. The Bertz CT molecular complexity index is 1330. The van der Waals surface area contributed by atoms with Gasteiger partial charge in [-0.1, -0.05) is 33.2 Å². The number of rotatable bonds is 5. The Labute approximate surface area is 197 Å². The molecule has 4 N–H and O–H groups in total. The molecular weight excluding hydrogens is 464 g/mol. The molecule has 2 amide bonds. The minimum absolute atomic E-state index is 0.201. The summed E-state index contributed by atoms with van der Waals surface area (Å²) in [6, 6.07) is 8.01. The molecule has 0 aliphatic heterocycles. The molecular formula is C23H19ClN4O2S2. The monoisotopic (exact) mass is 482 g/mol. The van der Waals surface area contributed by atoms with Crippen molar-refractivity contribution in [1.29, 1.82) is 0 Å². The molecule has 2 heterocycles. The predicted molar refractivity (Wildman–Crippen MR) is 131 cm³/mol. The van der Waals surface area contributed by atoms with Gasteiger partial charge in [0.05, 0.1) is 27.2 Å². The van der Waals surface area contributed by atoms with E-state index < -0.39 is 11.8 Å². The number of carbonyl (C=O) groups is 2. The number of amides is 2. The van der Waals surface area contributed by atoms with Crippen LogP contribution >= 0.6 is 33.2 Å². The summed E-state index contributed by atoms with van der Waals surface area (Å²) in [4.78, 5) is 34.1. The Hall–Kier alpha value is -2.81. The van der Waals surface area contributed by atoms with Crippen molar-refractivity contribution in [3.63, 3.8) is 0 Å². The molecule has 0 bridgehead atoms. The number of hydrogen-bond acceptors (Lipinski definition) is 6. The fourth-order valence-corrected chi connectivity index (χ4v) is 6.02. The van der Waals surface area contributed by atoms with E-state index in [9.17, 15) is 9.59 Å². The van der Waals surface area contributed by atoms with Gasteiger partial charge >= 0.3 is 0 Å². The highest BCUT2D eigenvalue weighted by molar-refractivity contribution is 8.76. The molecule has 4 aromatic rings. The number of nitrogens with two attached hydrogens (primary N) is 2. The van der Waals surface area contributed by atoms with Gasteiger partial charge in [0.25, 0.3) is 11.8 Å². The van der Waals surface area contributed by atoms with Crippen LogP contribution in [0.3, 0.4) is 0 Å². The summed E-state index contributed by atoms with van der Waals surface area (Å²) < 4.78 is 0. The highest BCUT2D eigenvalue weighted by atomic mass is 35.5.